The van der Waals surface area contributed by atoms with Crippen LogP contribution in [0.3, 0.4) is 0 Å². The first-order chi connectivity index (χ1) is 11.5. The average Bonchev–Trinajstić information content (AvgIpc) is 2.66. The number of likely N-dealkylation sites (tertiary alicyclic amines) is 1. The Labute approximate surface area is 142 Å². The third kappa shape index (κ3) is 3.13. The Morgan fingerprint density at radius 3 is 2.54 bits per heavy atom. The van der Waals surface area contributed by atoms with E-state index in [-0.39, 0.29) is 30.8 Å². The van der Waals surface area contributed by atoms with Crippen LogP contribution in [0.2, 0.25) is 0 Å². The van der Waals surface area contributed by atoms with Crippen molar-refractivity contribution in [3.63, 3.8) is 0 Å². The van der Waals surface area contributed by atoms with Gasteiger partial charge in [-0.2, -0.15) is 0 Å². The minimum Gasteiger partial charge on any atom is -0.341 e. The van der Waals surface area contributed by atoms with Crippen LogP contribution in [0.4, 0.5) is 5.69 Å². The summed E-state index contributed by atoms with van der Waals surface area (Å²) in [6.07, 6.45) is 2.00. The van der Waals surface area contributed by atoms with Crippen molar-refractivity contribution in [1.82, 2.24) is 9.80 Å². The second-order valence-corrected chi connectivity index (χ2v) is 6.72. The van der Waals surface area contributed by atoms with E-state index < -0.39 is 0 Å². The van der Waals surface area contributed by atoms with Gasteiger partial charge in [-0.1, -0.05) is 19.1 Å². The van der Waals surface area contributed by atoms with E-state index in [2.05, 4.69) is 6.92 Å². The van der Waals surface area contributed by atoms with E-state index in [1.807, 2.05) is 4.90 Å². The number of carbonyl (C=O) groups is 3. The number of piperidine rings is 1. The molecule has 2 aliphatic heterocycles. The molecule has 2 aliphatic rings. The lowest BCUT2D eigenvalue weighted by Crippen LogP contribution is -2.47. The van der Waals surface area contributed by atoms with E-state index in [4.69, 9.17) is 0 Å². The summed E-state index contributed by atoms with van der Waals surface area (Å²) in [5.74, 6) is 0.165. The zero-order valence-corrected chi connectivity index (χ0v) is 14.2. The molecule has 0 atom stereocenters. The van der Waals surface area contributed by atoms with Gasteiger partial charge in [-0.25, -0.2) is 0 Å². The molecule has 1 aromatic carbocycles. The Kier molecular flexibility index (Phi) is 4.55. The number of amides is 3. The number of hydrogen-bond acceptors (Lipinski definition) is 3. The molecule has 0 N–H and O–H groups in total. The van der Waals surface area contributed by atoms with Crippen molar-refractivity contribution in [1.29, 1.82) is 0 Å². The summed E-state index contributed by atoms with van der Waals surface area (Å²) in [5.41, 5.74) is 0.987. The van der Waals surface area contributed by atoms with Gasteiger partial charge in [0, 0.05) is 20.1 Å². The maximum atomic E-state index is 12.6. The van der Waals surface area contributed by atoms with E-state index in [1.54, 1.807) is 31.3 Å². The van der Waals surface area contributed by atoms with Gasteiger partial charge in [-0.3, -0.25) is 14.4 Å². The first-order valence-corrected chi connectivity index (χ1v) is 8.40. The van der Waals surface area contributed by atoms with E-state index >= 15 is 0 Å². The summed E-state index contributed by atoms with van der Waals surface area (Å²) in [7, 11) is 1.61. The Morgan fingerprint density at radius 1 is 1.17 bits per heavy atom. The van der Waals surface area contributed by atoms with Crippen LogP contribution >= 0.6 is 0 Å². The minimum absolute atomic E-state index is 0.00858. The molecule has 6 heteroatoms. The van der Waals surface area contributed by atoms with E-state index in [1.165, 1.54) is 9.80 Å². The summed E-state index contributed by atoms with van der Waals surface area (Å²) in [4.78, 5) is 42.3. The number of likely N-dealkylation sites (N-methyl/N-ethyl adjacent to an activating group) is 1. The van der Waals surface area contributed by atoms with E-state index in [0.29, 0.717) is 17.2 Å². The van der Waals surface area contributed by atoms with Gasteiger partial charge in [0.2, 0.25) is 11.8 Å². The van der Waals surface area contributed by atoms with Crippen LogP contribution < -0.4 is 4.90 Å². The summed E-state index contributed by atoms with van der Waals surface area (Å²) >= 11 is 0. The van der Waals surface area contributed by atoms with Gasteiger partial charge in [0.15, 0.2) is 0 Å². The second-order valence-electron chi connectivity index (χ2n) is 6.72. The van der Waals surface area contributed by atoms with Crippen LogP contribution in [0.15, 0.2) is 24.3 Å². The van der Waals surface area contributed by atoms with Gasteiger partial charge in [0.05, 0.1) is 11.3 Å². The Bertz CT molecular complexity index is 665. The largest absolute Gasteiger partial charge is 0.341 e. The normalized spacial score (nSPS) is 19.3. The lowest BCUT2D eigenvalue weighted by molar-refractivity contribution is -0.132. The van der Waals surface area contributed by atoms with Crippen LogP contribution in [0.1, 0.15) is 30.1 Å². The van der Waals surface area contributed by atoms with Gasteiger partial charge in [0.25, 0.3) is 5.91 Å². The summed E-state index contributed by atoms with van der Waals surface area (Å²) < 4.78 is 0. The third-order valence-corrected chi connectivity index (χ3v) is 4.88. The molecule has 0 spiro atoms. The molecule has 0 saturated carbocycles. The predicted octanol–water partition coefficient (Wildman–Crippen LogP) is 1.36. The van der Waals surface area contributed by atoms with Crippen molar-refractivity contribution in [3.05, 3.63) is 29.8 Å². The Balaban J connectivity index is 1.83. The standard InChI is InChI=1S/C18H23N3O3/c1-13-7-9-20(10-8-13)16(22)12-21-15-6-4-3-5-14(15)18(24)19(2)11-17(21)23/h3-6,13H,7-12H2,1-2H3. The smallest absolute Gasteiger partial charge is 0.256 e. The van der Waals surface area contributed by atoms with Gasteiger partial charge >= 0.3 is 0 Å². The highest BCUT2D eigenvalue weighted by Gasteiger charge is 2.32. The highest BCUT2D eigenvalue weighted by atomic mass is 16.2. The molecule has 3 amide bonds. The van der Waals surface area contributed by atoms with Crippen molar-refractivity contribution < 1.29 is 14.4 Å². The number of rotatable bonds is 2. The second kappa shape index (κ2) is 6.63. The topological polar surface area (TPSA) is 60.9 Å². The first-order valence-electron chi connectivity index (χ1n) is 8.40. The zero-order chi connectivity index (χ0) is 17.3. The van der Waals surface area contributed by atoms with Crippen LogP contribution in [-0.2, 0) is 9.59 Å². The number of para-hydroxylation sites is 1. The molecule has 0 unspecified atom stereocenters. The molecule has 0 bridgehead atoms. The molecule has 128 valence electrons. The van der Waals surface area contributed by atoms with Crippen molar-refractivity contribution in [2.45, 2.75) is 19.8 Å². The van der Waals surface area contributed by atoms with Crippen LogP contribution in [0.5, 0.6) is 0 Å². The summed E-state index contributed by atoms with van der Waals surface area (Å²) in [6.45, 7) is 3.64. The average molecular weight is 329 g/mol. The summed E-state index contributed by atoms with van der Waals surface area (Å²) in [6, 6.07) is 6.99. The SMILES string of the molecule is CC1CCN(C(=O)CN2C(=O)CN(C)C(=O)c3ccccc32)CC1. The molecule has 2 heterocycles. The highest BCUT2D eigenvalue weighted by molar-refractivity contribution is 6.11. The molecule has 0 aromatic heterocycles. The van der Waals surface area contributed by atoms with Crippen LogP contribution in [0, 0.1) is 5.92 Å². The Morgan fingerprint density at radius 2 is 1.83 bits per heavy atom. The molecule has 1 aromatic rings. The minimum atomic E-state index is -0.227. The number of nitrogens with zero attached hydrogens (tertiary/aromatic N) is 3. The van der Waals surface area contributed by atoms with Gasteiger partial charge in [-0.15, -0.1) is 0 Å². The molecule has 24 heavy (non-hydrogen) atoms. The molecule has 0 aliphatic carbocycles. The highest BCUT2D eigenvalue weighted by Crippen LogP contribution is 2.25. The number of anilines is 1. The third-order valence-electron chi connectivity index (χ3n) is 4.88. The zero-order valence-electron chi connectivity index (χ0n) is 14.2. The van der Waals surface area contributed by atoms with Crippen molar-refractivity contribution >= 4 is 23.4 Å². The maximum Gasteiger partial charge on any atom is 0.256 e. The van der Waals surface area contributed by atoms with Crippen LogP contribution in [-0.4, -0.2) is 60.7 Å². The monoisotopic (exact) mass is 329 g/mol. The fourth-order valence-corrected chi connectivity index (χ4v) is 3.26. The van der Waals surface area contributed by atoms with E-state index in [9.17, 15) is 14.4 Å². The fourth-order valence-electron chi connectivity index (χ4n) is 3.26. The Hall–Kier alpha value is -2.37. The van der Waals surface area contributed by atoms with Crippen LogP contribution in [0.25, 0.3) is 0 Å². The molecule has 1 saturated heterocycles. The van der Waals surface area contributed by atoms with Crippen molar-refractivity contribution in [2.24, 2.45) is 5.92 Å². The molecule has 6 nitrogen and oxygen atoms in total. The van der Waals surface area contributed by atoms with Gasteiger partial charge in [0.1, 0.15) is 13.1 Å². The molecular weight excluding hydrogens is 306 g/mol. The maximum absolute atomic E-state index is 12.6. The first kappa shape index (κ1) is 16.5. The lowest BCUT2D eigenvalue weighted by atomic mass is 9.99. The van der Waals surface area contributed by atoms with E-state index in [0.717, 1.165) is 25.9 Å². The summed E-state index contributed by atoms with van der Waals surface area (Å²) in [5, 5.41) is 0. The molecule has 3 rings (SSSR count). The quantitative estimate of drug-likeness (QED) is 0.823. The molecule has 0 radical (unpaired) electrons. The lowest BCUT2D eigenvalue weighted by Gasteiger charge is -2.32. The van der Waals surface area contributed by atoms with Gasteiger partial charge in [-0.05, 0) is 30.9 Å². The number of fused-ring (bicyclic) bond motifs is 1. The fraction of sp³-hybridized carbons (Fsp3) is 0.500. The molecule has 1 fully saturated rings. The van der Waals surface area contributed by atoms with Gasteiger partial charge < -0.3 is 14.7 Å². The number of benzene rings is 1. The van der Waals surface area contributed by atoms with Crippen molar-refractivity contribution in [3.8, 4) is 0 Å². The number of hydrogen-bond donors (Lipinski definition) is 0. The molecular formula is C18H23N3O3. The number of carbonyl (C=O) groups excluding carboxylic acids is 3. The predicted molar refractivity (Wildman–Crippen MR) is 90.7 cm³/mol. The van der Waals surface area contributed by atoms with Crippen molar-refractivity contribution in [2.75, 3.05) is 38.1 Å².